The standard InChI is InChI=1S/C11H12N4O3S2/c1-6-8(19-11-14-3-2-10(16)15-11)4-7(12)5-9(6)20(13,17)18/h2-5H,12H2,1H3,(H2,13,17,18)(H,14,15,16). The van der Waals surface area contributed by atoms with Gasteiger partial charge in [-0.3, -0.25) is 4.79 Å². The predicted octanol–water partition coefficient (Wildman–Crippen LogP) is 0.459. The lowest BCUT2D eigenvalue weighted by Crippen LogP contribution is -2.14. The van der Waals surface area contributed by atoms with Crippen LogP contribution in [0.25, 0.3) is 0 Å². The molecule has 9 heteroatoms. The Bertz CT molecular complexity index is 815. The third-order valence-corrected chi connectivity index (χ3v) is 4.58. The number of nitrogens with two attached hydrogens (primary N) is 2. The van der Waals surface area contributed by atoms with Crippen LogP contribution in [0.1, 0.15) is 5.56 Å². The molecule has 0 fully saturated rings. The van der Waals surface area contributed by atoms with Gasteiger partial charge < -0.3 is 10.7 Å². The molecular weight excluding hydrogens is 300 g/mol. The molecule has 2 rings (SSSR count). The average Bonchev–Trinajstić information content (AvgIpc) is 2.32. The van der Waals surface area contributed by atoms with E-state index in [0.29, 0.717) is 15.6 Å². The fraction of sp³-hybridized carbons (Fsp3) is 0.0909. The number of anilines is 1. The molecule has 20 heavy (non-hydrogen) atoms. The summed E-state index contributed by atoms with van der Waals surface area (Å²) in [6.45, 7) is 1.61. The molecule has 0 bridgehead atoms. The Hall–Kier alpha value is -1.84. The van der Waals surface area contributed by atoms with Crippen molar-refractivity contribution in [3.63, 3.8) is 0 Å². The van der Waals surface area contributed by atoms with Crippen LogP contribution in [0.4, 0.5) is 5.69 Å². The van der Waals surface area contributed by atoms with Crippen LogP contribution in [-0.2, 0) is 10.0 Å². The van der Waals surface area contributed by atoms with Gasteiger partial charge in [-0.2, -0.15) is 0 Å². The van der Waals surface area contributed by atoms with Crippen molar-refractivity contribution in [1.82, 2.24) is 9.97 Å². The maximum Gasteiger partial charge on any atom is 0.251 e. The molecule has 2 aromatic rings. The zero-order valence-corrected chi connectivity index (χ0v) is 12.1. The van der Waals surface area contributed by atoms with Crippen molar-refractivity contribution in [2.75, 3.05) is 5.73 Å². The van der Waals surface area contributed by atoms with Gasteiger partial charge in [0.05, 0.1) is 4.90 Å². The smallest absolute Gasteiger partial charge is 0.251 e. The molecule has 106 valence electrons. The number of primary sulfonamides is 1. The molecule has 0 aliphatic carbocycles. The second-order valence-electron chi connectivity index (χ2n) is 4.03. The number of hydrogen-bond acceptors (Lipinski definition) is 6. The number of sulfonamides is 1. The first-order valence-electron chi connectivity index (χ1n) is 5.43. The normalized spacial score (nSPS) is 11.5. The molecule has 5 N–H and O–H groups in total. The molecule has 0 aliphatic heterocycles. The number of rotatable bonds is 3. The van der Waals surface area contributed by atoms with Crippen molar-refractivity contribution in [3.8, 4) is 0 Å². The minimum Gasteiger partial charge on any atom is -0.399 e. The molecule has 0 unspecified atom stereocenters. The van der Waals surface area contributed by atoms with Gasteiger partial charge in [0.15, 0.2) is 5.16 Å². The molecule has 1 aromatic carbocycles. The predicted molar refractivity (Wildman–Crippen MR) is 75.9 cm³/mol. The Balaban J connectivity index is 2.53. The zero-order valence-electron chi connectivity index (χ0n) is 10.5. The molecule has 1 aromatic heterocycles. The Morgan fingerprint density at radius 3 is 2.65 bits per heavy atom. The lowest BCUT2D eigenvalue weighted by molar-refractivity contribution is 0.597. The number of nitrogen functional groups attached to an aromatic ring is 1. The van der Waals surface area contributed by atoms with Crippen molar-refractivity contribution in [2.24, 2.45) is 5.14 Å². The fourth-order valence-corrected chi connectivity index (χ4v) is 3.43. The molecule has 0 atom stereocenters. The number of aromatic amines is 1. The van der Waals surface area contributed by atoms with Crippen LogP contribution in [0.5, 0.6) is 0 Å². The van der Waals surface area contributed by atoms with Crippen molar-refractivity contribution in [2.45, 2.75) is 21.9 Å². The lowest BCUT2D eigenvalue weighted by atomic mass is 10.2. The molecule has 0 radical (unpaired) electrons. The maximum atomic E-state index is 11.5. The summed E-state index contributed by atoms with van der Waals surface area (Å²) < 4.78 is 23.0. The van der Waals surface area contributed by atoms with E-state index in [1.807, 2.05) is 0 Å². The highest BCUT2D eigenvalue weighted by atomic mass is 32.2. The van der Waals surface area contributed by atoms with E-state index in [1.165, 1.54) is 18.3 Å². The Morgan fingerprint density at radius 1 is 1.35 bits per heavy atom. The first kappa shape index (κ1) is 14.6. The minimum atomic E-state index is -3.86. The fourth-order valence-electron chi connectivity index (χ4n) is 1.59. The summed E-state index contributed by atoms with van der Waals surface area (Å²) in [6, 6.07) is 4.18. The summed E-state index contributed by atoms with van der Waals surface area (Å²) in [7, 11) is -3.86. The van der Waals surface area contributed by atoms with Crippen LogP contribution in [0, 0.1) is 6.92 Å². The molecule has 1 heterocycles. The van der Waals surface area contributed by atoms with Gasteiger partial charge in [0.1, 0.15) is 0 Å². The van der Waals surface area contributed by atoms with Crippen molar-refractivity contribution in [1.29, 1.82) is 0 Å². The van der Waals surface area contributed by atoms with E-state index in [1.54, 1.807) is 13.0 Å². The highest BCUT2D eigenvalue weighted by Gasteiger charge is 2.16. The molecule has 0 amide bonds. The van der Waals surface area contributed by atoms with Crippen LogP contribution in [0.15, 0.2) is 44.1 Å². The first-order chi connectivity index (χ1) is 9.27. The number of H-pyrrole nitrogens is 1. The summed E-state index contributed by atoms with van der Waals surface area (Å²) in [5.41, 5.74) is 6.11. The van der Waals surface area contributed by atoms with Crippen molar-refractivity contribution < 1.29 is 8.42 Å². The zero-order chi connectivity index (χ0) is 14.9. The minimum absolute atomic E-state index is 0.0433. The van der Waals surface area contributed by atoms with E-state index in [0.717, 1.165) is 11.8 Å². The van der Waals surface area contributed by atoms with Crippen molar-refractivity contribution in [3.05, 3.63) is 40.3 Å². The third-order valence-electron chi connectivity index (χ3n) is 2.50. The van der Waals surface area contributed by atoms with Gasteiger partial charge >= 0.3 is 0 Å². The van der Waals surface area contributed by atoms with Gasteiger partial charge in [0, 0.05) is 22.8 Å². The van der Waals surface area contributed by atoms with Gasteiger partial charge in [-0.15, -0.1) is 0 Å². The number of nitrogens with one attached hydrogen (secondary N) is 1. The van der Waals surface area contributed by atoms with Crippen LogP contribution in [0.2, 0.25) is 0 Å². The SMILES string of the molecule is Cc1c(Sc2nccc(=O)[nH]2)cc(N)cc1S(N)(=O)=O. The van der Waals surface area contributed by atoms with Gasteiger partial charge in [-0.05, 0) is 24.6 Å². The molecule has 0 aliphatic rings. The van der Waals surface area contributed by atoms with Crippen LogP contribution in [0.3, 0.4) is 0 Å². The monoisotopic (exact) mass is 312 g/mol. The lowest BCUT2D eigenvalue weighted by Gasteiger charge is -2.10. The van der Waals surface area contributed by atoms with Crippen molar-refractivity contribution >= 4 is 27.5 Å². The average molecular weight is 312 g/mol. The van der Waals surface area contributed by atoms with Crippen LogP contribution < -0.4 is 16.4 Å². The van der Waals surface area contributed by atoms with E-state index >= 15 is 0 Å². The largest absolute Gasteiger partial charge is 0.399 e. The number of benzene rings is 1. The van der Waals surface area contributed by atoms with Gasteiger partial charge in [-0.1, -0.05) is 11.8 Å². The quantitative estimate of drug-likeness (QED) is 0.557. The second kappa shape index (κ2) is 5.27. The highest BCUT2D eigenvalue weighted by molar-refractivity contribution is 7.99. The van der Waals surface area contributed by atoms with E-state index < -0.39 is 10.0 Å². The first-order valence-corrected chi connectivity index (χ1v) is 7.80. The van der Waals surface area contributed by atoms with Gasteiger partial charge in [0.25, 0.3) is 5.56 Å². The number of hydrogen-bond donors (Lipinski definition) is 3. The molecule has 0 saturated heterocycles. The highest BCUT2D eigenvalue weighted by Crippen LogP contribution is 2.32. The van der Waals surface area contributed by atoms with Gasteiger partial charge in [0.2, 0.25) is 10.0 Å². The Labute approximate surface area is 119 Å². The molecule has 0 spiro atoms. The Morgan fingerprint density at radius 2 is 2.05 bits per heavy atom. The number of aromatic nitrogens is 2. The van der Waals surface area contributed by atoms with E-state index in [4.69, 9.17) is 10.9 Å². The summed E-state index contributed by atoms with van der Waals surface area (Å²) in [4.78, 5) is 18.2. The molecule has 7 nitrogen and oxygen atoms in total. The van der Waals surface area contributed by atoms with Crippen LogP contribution in [-0.4, -0.2) is 18.4 Å². The summed E-state index contributed by atoms with van der Waals surface area (Å²) in [6.07, 6.45) is 1.36. The Kier molecular flexibility index (Phi) is 3.84. The molecule has 0 saturated carbocycles. The van der Waals surface area contributed by atoms with E-state index in [-0.39, 0.29) is 16.1 Å². The molecular formula is C11H12N4O3S2. The number of nitrogens with zero attached hydrogens (tertiary/aromatic N) is 1. The maximum absolute atomic E-state index is 11.5. The van der Waals surface area contributed by atoms with Crippen LogP contribution >= 0.6 is 11.8 Å². The van der Waals surface area contributed by atoms with E-state index in [2.05, 4.69) is 9.97 Å². The third kappa shape index (κ3) is 3.18. The van der Waals surface area contributed by atoms with Gasteiger partial charge in [-0.25, -0.2) is 18.5 Å². The summed E-state index contributed by atoms with van der Waals surface area (Å²) in [5.74, 6) is 0. The summed E-state index contributed by atoms with van der Waals surface area (Å²) >= 11 is 1.11. The summed E-state index contributed by atoms with van der Waals surface area (Å²) in [5, 5.41) is 5.49. The van der Waals surface area contributed by atoms with E-state index in [9.17, 15) is 13.2 Å². The topological polar surface area (TPSA) is 132 Å². The second-order valence-corrected chi connectivity index (χ2v) is 6.59.